The number of nitrogens with two attached hydrogens (primary N) is 2. The first kappa shape index (κ1) is 15.4. The largest absolute Gasteiger partial charge is 0.381 e. The predicted molar refractivity (Wildman–Crippen MR) is 86.8 cm³/mol. The van der Waals surface area contributed by atoms with Crippen molar-refractivity contribution in [2.45, 2.75) is 23.1 Å². The second kappa shape index (κ2) is 5.64. The number of aryl methyl sites for hydroxylation is 1. The van der Waals surface area contributed by atoms with Crippen LogP contribution in [0.1, 0.15) is 11.4 Å². The lowest BCUT2D eigenvalue weighted by Crippen LogP contribution is -2.09. The zero-order valence-electron chi connectivity index (χ0n) is 12.6. The molecule has 4 N–H and O–H groups in total. The van der Waals surface area contributed by atoms with Crippen molar-refractivity contribution in [2.75, 3.05) is 12.3 Å². The van der Waals surface area contributed by atoms with Gasteiger partial charge in [-0.05, 0) is 31.7 Å². The highest BCUT2D eigenvalue weighted by atomic mass is 32.2. The van der Waals surface area contributed by atoms with E-state index in [2.05, 4.69) is 10.1 Å². The summed E-state index contributed by atoms with van der Waals surface area (Å²) < 4.78 is 27.3. The molecule has 120 valence electrons. The summed E-state index contributed by atoms with van der Waals surface area (Å²) in [6.07, 6.45) is 0.549. The Bertz CT molecular complexity index is 964. The highest BCUT2D eigenvalue weighted by molar-refractivity contribution is 7.91. The summed E-state index contributed by atoms with van der Waals surface area (Å²) in [7, 11) is -3.80. The lowest BCUT2D eigenvalue weighted by molar-refractivity contribution is 0.597. The van der Waals surface area contributed by atoms with Crippen LogP contribution in [0.4, 0.5) is 5.82 Å². The van der Waals surface area contributed by atoms with Gasteiger partial charge in [0.05, 0.1) is 4.90 Å². The average molecular weight is 331 g/mol. The van der Waals surface area contributed by atoms with E-state index < -0.39 is 9.84 Å². The van der Waals surface area contributed by atoms with Gasteiger partial charge in [-0.2, -0.15) is 0 Å². The molecule has 0 saturated heterocycles. The summed E-state index contributed by atoms with van der Waals surface area (Å²) in [6, 6.07) is 9.94. The van der Waals surface area contributed by atoms with Crippen LogP contribution in [0.15, 0.2) is 46.2 Å². The van der Waals surface area contributed by atoms with Gasteiger partial charge in [-0.1, -0.05) is 18.2 Å². The van der Waals surface area contributed by atoms with Gasteiger partial charge in [0, 0.05) is 17.8 Å². The molecule has 1 aromatic carbocycles. The number of nitrogen functional groups attached to an aromatic ring is 1. The predicted octanol–water partition coefficient (Wildman–Crippen LogP) is 0.954. The van der Waals surface area contributed by atoms with E-state index in [0.717, 1.165) is 5.69 Å². The van der Waals surface area contributed by atoms with Crippen molar-refractivity contribution in [2.24, 2.45) is 5.73 Å². The number of sulfone groups is 1. The summed E-state index contributed by atoms with van der Waals surface area (Å²) in [6.45, 7) is 2.24. The van der Waals surface area contributed by atoms with Gasteiger partial charge in [-0.25, -0.2) is 17.9 Å². The molecular formula is C15H17N5O2S. The minimum Gasteiger partial charge on any atom is -0.381 e. The monoisotopic (exact) mass is 331 g/mol. The number of benzene rings is 1. The van der Waals surface area contributed by atoms with E-state index in [4.69, 9.17) is 11.5 Å². The van der Waals surface area contributed by atoms with Gasteiger partial charge < -0.3 is 11.5 Å². The molecule has 3 aromatic rings. The molecule has 0 fully saturated rings. The van der Waals surface area contributed by atoms with Crippen LogP contribution in [-0.2, 0) is 16.3 Å². The lowest BCUT2D eigenvalue weighted by Gasteiger charge is -2.06. The molecule has 0 aliphatic heterocycles. The van der Waals surface area contributed by atoms with E-state index in [0.29, 0.717) is 18.7 Å². The molecular weight excluding hydrogens is 314 g/mol. The van der Waals surface area contributed by atoms with Gasteiger partial charge in [0.25, 0.3) is 0 Å². The number of nitrogens with zero attached hydrogens (tertiary/aromatic N) is 3. The van der Waals surface area contributed by atoms with Crippen molar-refractivity contribution >= 4 is 21.3 Å². The van der Waals surface area contributed by atoms with Crippen LogP contribution < -0.4 is 11.5 Å². The fraction of sp³-hybridized carbons (Fsp3) is 0.200. The maximum Gasteiger partial charge on any atom is 0.214 e. The Labute approximate surface area is 133 Å². The molecule has 0 aliphatic rings. The number of fused-ring (bicyclic) bond motifs is 1. The maximum atomic E-state index is 12.9. The highest BCUT2D eigenvalue weighted by Gasteiger charge is 2.28. The summed E-state index contributed by atoms with van der Waals surface area (Å²) >= 11 is 0. The first-order chi connectivity index (χ1) is 10.9. The first-order valence-electron chi connectivity index (χ1n) is 7.10. The van der Waals surface area contributed by atoms with Crippen LogP contribution >= 0.6 is 0 Å². The van der Waals surface area contributed by atoms with Crippen LogP contribution in [0.5, 0.6) is 0 Å². The van der Waals surface area contributed by atoms with Crippen molar-refractivity contribution in [1.29, 1.82) is 0 Å². The summed E-state index contributed by atoms with van der Waals surface area (Å²) in [4.78, 5) is 4.49. The number of hydrogen-bond donors (Lipinski definition) is 2. The molecule has 0 amide bonds. The number of anilines is 1. The Hall–Kier alpha value is -2.45. The molecule has 2 aromatic heterocycles. The van der Waals surface area contributed by atoms with Crippen molar-refractivity contribution in [1.82, 2.24) is 14.6 Å². The van der Waals surface area contributed by atoms with Crippen LogP contribution in [0.2, 0.25) is 0 Å². The molecule has 0 radical (unpaired) electrons. The molecule has 7 nitrogen and oxygen atoms in total. The van der Waals surface area contributed by atoms with E-state index >= 15 is 0 Å². The standard InChI is InChI=1S/C15H17N5O2S/c1-10-9-11(7-8-16)18-15-13(14(17)19-20(10)15)23(21,22)12-5-3-2-4-6-12/h2-6,9H,7-8,16H2,1H3,(H2,17,19). The average Bonchev–Trinajstić information content (AvgIpc) is 2.86. The van der Waals surface area contributed by atoms with Gasteiger partial charge in [0.2, 0.25) is 9.84 Å². The van der Waals surface area contributed by atoms with Crippen molar-refractivity contribution in [3.8, 4) is 0 Å². The second-order valence-electron chi connectivity index (χ2n) is 5.19. The fourth-order valence-corrected chi connectivity index (χ4v) is 3.92. The molecule has 0 saturated carbocycles. The third kappa shape index (κ3) is 2.55. The molecule has 3 rings (SSSR count). The minimum absolute atomic E-state index is 0.0608. The molecule has 0 aliphatic carbocycles. The van der Waals surface area contributed by atoms with Crippen LogP contribution in [0, 0.1) is 6.92 Å². The van der Waals surface area contributed by atoms with Crippen LogP contribution in [0.25, 0.3) is 5.65 Å². The second-order valence-corrected chi connectivity index (χ2v) is 7.08. The summed E-state index contributed by atoms with van der Waals surface area (Å²) in [5.41, 5.74) is 13.2. The smallest absolute Gasteiger partial charge is 0.214 e. The molecule has 0 spiro atoms. The summed E-state index contributed by atoms with van der Waals surface area (Å²) in [5, 5.41) is 4.13. The Morgan fingerprint density at radius 1 is 1.22 bits per heavy atom. The Morgan fingerprint density at radius 2 is 1.91 bits per heavy atom. The lowest BCUT2D eigenvalue weighted by atomic mass is 10.2. The summed E-state index contributed by atoms with van der Waals surface area (Å²) in [5.74, 6) is -0.0608. The van der Waals surface area contributed by atoms with E-state index in [1.54, 1.807) is 18.2 Å². The van der Waals surface area contributed by atoms with E-state index in [-0.39, 0.29) is 21.3 Å². The van der Waals surface area contributed by atoms with Gasteiger partial charge >= 0.3 is 0 Å². The van der Waals surface area contributed by atoms with E-state index in [1.165, 1.54) is 16.6 Å². The number of hydrogen-bond acceptors (Lipinski definition) is 6. The molecule has 0 unspecified atom stereocenters. The Balaban J connectivity index is 2.31. The number of rotatable bonds is 4. The highest BCUT2D eigenvalue weighted by Crippen LogP contribution is 2.29. The molecule has 8 heteroatoms. The van der Waals surface area contributed by atoms with Crippen LogP contribution in [-0.4, -0.2) is 29.6 Å². The Morgan fingerprint density at radius 3 is 2.57 bits per heavy atom. The van der Waals surface area contributed by atoms with Crippen molar-refractivity contribution in [3.05, 3.63) is 47.8 Å². The van der Waals surface area contributed by atoms with E-state index in [9.17, 15) is 8.42 Å². The van der Waals surface area contributed by atoms with E-state index in [1.807, 2.05) is 13.0 Å². The molecule has 0 bridgehead atoms. The minimum atomic E-state index is -3.80. The quantitative estimate of drug-likeness (QED) is 0.735. The van der Waals surface area contributed by atoms with Gasteiger partial charge in [0.15, 0.2) is 16.4 Å². The Kier molecular flexibility index (Phi) is 3.78. The SMILES string of the molecule is Cc1cc(CCN)nc2c(S(=O)(=O)c3ccccc3)c(N)nn12. The number of aromatic nitrogens is 3. The zero-order chi connectivity index (χ0) is 16.6. The third-order valence-electron chi connectivity index (χ3n) is 3.53. The maximum absolute atomic E-state index is 12.9. The molecule has 23 heavy (non-hydrogen) atoms. The third-order valence-corrected chi connectivity index (χ3v) is 5.35. The fourth-order valence-electron chi connectivity index (χ4n) is 2.48. The van der Waals surface area contributed by atoms with Gasteiger partial charge in [0.1, 0.15) is 0 Å². The van der Waals surface area contributed by atoms with Crippen molar-refractivity contribution in [3.63, 3.8) is 0 Å². The zero-order valence-corrected chi connectivity index (χ0v) is 13.4. The van der Waals surface area contributed by atoms with Gasteiger partial charge in [-0.15, -0.1) is 5.10 Å². The first-order valence-corrected chi connectivity index (χ1v) is 8.58. The topological polar surface area (TPSA) is 116 Å². The van der Waals surface area contributed by atoms with Gasteiger partial charge in [-0.3, -0.25) is 0 Å². The molecule has 2 heterocycles. The molecule has 0 atom stereocenters. The van der Waals surface area contributed by atoms with Crippen LogP contribution in [0.3, 0.4) is 0 Å². The van der Waals surface area contributed by atoms with Crippen molar-refractivity contribution < 1.29 is 8.42 Å². The normalized spacial score (nSPS) is 11.9.